The summed E-state index contributed by atoms with van der Waals surface area (Å²) < 4.78 is 29.2. The van der Waals surface area contributed by atoms with E-state index in [0.29, 0.717) is 6.54 Å². The van der Waals surface area contributed by atoms with Crippen molar-refractivity contribution in [3.05, 3.63) is 46.8 Å². The molecule has 1 heterocycles. The van der Waals surface area contributed by atoms with E-state index in [-0.39, 0.29) is 11.4 Å². The minimum atomic E-state index is -3.59. The van der Waals surface area contributed by atoms with E-state index in [1.54, 1.807) is 37.0 Å². The summed E-state index contributed by atoms with van der Waals surface area (Å²) in [6.07, 6.45) is 1.63. The Hall–Kier alpha value is -1.70. The lowest BCUT2D eigenvalue weighted by Gasteiger charge is -2.13. The van der Waals surface area contributed by atoms with Gasteiger partial charge in [0.2, 0.25) is 10.0 Å². The van der Waals surface area contributed by atoms with Crippen molar-refractivity contribution in [3.8, 4) is 0 Å². The quantitative estimate of drug-likeness (QED) is 0.861. The molecule has 2 aromatic rings. The fraction of sp³-hybridized carbons (Fsp3) is 0.357. The van der Waals surface area contributed by atoms with Gasteiger partial charge in [-0.3, -0.25) is 4.68 Å². The molecule has 3 N–H and O–H groups in total. The standard InChI is InChI=1S/C14H20N4O2S/c1-10-6-12(8-15)7-14(11(10)2)21(19,20)17-9-13-4-5-16-18(13)3/h4-7,17H,8-9,15H2,1-3H3. The molecule has 0 amide bonds. The van der Waals surface area contributed by atoms with Crippen molar-refractivity contribution in [3.63, 3.8) is 0 Å². The summed E-state index contributed by atoms with van der Waals surface area (Å²) in [6.45, 7) is 4.19. The number of hydrogen-bond acceptors (Lipinski definition) is 4. The van der Waals surface area contributed by atoms with Crippen LogP contribution in [0.25, 0.3) is 0 Å². The highest BCUT2D eigenvalue weighted by Crippen LogP contribution is 2.21. The first-order chi connectivity index (χ1) is 9.85. The maximum absolute atomic E-state index is 12.5. The fourth-order valence-electron chi connectivity index (χ4n) is 2.12. The van der Waals surface area contributed by atoms with Gasteiger partial charge in [-0.25, -0.2) is 13.1 Å². The smallest absolute Gasteiger partial charge is 0.241 e. The third-order valence-corrected chi connectivity index (χ3v) is 5.10. The van der Waals surface area contributed by atoms with Crippen molar-refractivity contribution in [2.45, 2.75) is 31.8 Å². The van der Waals surface area contributed by atoms with Crippen LogP contribution in [0.3, 0.4) is 0 Å². The molecule has 21 heavy (non-hydrogen) atoms. The summed E-state index contributed by atoms with van der Waals surface area (Å²) >= 11 is 0. The molecule has 114 valence electrons. The lowest BCUT2D eigenvalue weighted by molar-refractivity contribution is 0.576. The van der Waals surface area contributed by atoms with E-state index in [2.05, 4.69) is 9.82 Å². The van der Waals surface area contributed by atoms with E-state index >= 15 is 0 Å². The summed E-state index contributed by atoms with van der Waals surface area (Å²) in [5.74, 6) is 0. The molecule has 0 saturated heterocycles. The molecule has 0 unspecified atom stereocenters. The number of nitrogens with zero attached hydrogens (tertiary/aromatic N) is 2. The highest BCUT2D eigenvalue weighted by atomic mass is 32.2. The molecule has 0 aliphatic rings. The minimum Gasteiger partial charge on any atom is -0.326 e. The van der Waals surface area contributed by atoms with Gasteiger partial charge < -0.3 is 5.73 Å². The molecule has 0 atom stereocenters. The van der Waals surface area contributed by atoms with Crippen molar-refractivity contribution < 1.29 is 8.42 Å². The van der Waals surface area contributed by atoms with Gasteiger partial charge in [-0.2, -0.15) is 5.10 Å². The van der Waals surface area contributed by atoms with Crippen LogP contribution in [0.5, 0.6) is 0 Å². The fourth-order valence-corrected chi connectivity index (χ4v) is 3.48. The maximum atomic E-state index is 12.5. The Labute approximate surface area is 125 Å². The zero-order valence-corrected chi connectivity index (χ0v) is 13.2. The average Bonchev–Trinajstić information content (AvgIpc) is 2.84. The second kappa shape index (κ2) is 5.97. The molecule has 6 nitrogen and oxygen atoms in total. The highest BCUT2D eigenvalue weighted by molar-refractivity contribution is 7.89. The van der Waals surface area contributed by atoms with Crippen LogP contribution >= 0.6 is 0 Å². The van der Waals surface area contributed by atoms with Gasteiger partial charge in [0.15, 0.2) is 0 Å². The molecule has 0 radical (unpaired) electrons. The van der Waals surface area contributed by atoms with Gasteiger partial charge in [0, 0.05) is 19.8 Å². The molecule has 0 fully saturated rings. The monoisotopic (exact) mass is 308 g/mol. The number of rotatable bonds is 5. The number of aryl methyl sites for hydroxylation is 2. The molecular formula is C14H20N4O2S. The average molecular weight is 308 g/mol. The number of nitrogens with one attached hydrogen (secondary N) is 1. The van der Waals surface area contributed by atoms with E-state index in [1.165, 1.54) is 0 Å². The van der Waals surface area contributed by atoms with Crippen molar-refractivity contribution in [1.29, 1.82) is 0 Å². The van der Waals surface area contributed by atoms with Gasteiger partial charge in [0.05, 0.1) is 17.1 Å². The predicted octanol–water partition coefficient (Wildman–Crippen LogP) is 0.974. The molecule has 0 aliphatic heterocycles. The number of aromatic nitrogens is 2. The van der Waals surface area contributed by atoms with E-state index in [4.69, 9.17) is 5.73 Å². The summed E-state index contributed by atoms with van der Waals surface area (Å²) in [6, 6.07) is 5.32. The third-order valence-electron chi connectivity index (χ3n) is 3.57. The Bertz CT molecular complexity index is 750. The minimum absolute atomic E-state index is 0.199. The van der Waals surface area contributed by atoms with Gasteiger partial charge in [-0.1, -0.05) is 6.07 Å². The van der Waals surface area contributed by atoms with Crippen molar-refractivity contribution in [2.24, 2.45) is 12.8 Å². The van der Waals surface area contributed by atoms with E-state index in [9.17, 15) is 8.42 Å². The Morgan fingerprint density at radius 3 is 2.62 bits per heavy atom. The second-order valence-electron chi connectivity index (χ2n) is 5.01. The molecule has 0 spiro atoms. The molecule has 1 aromatic carbocycles. The number of hydrogen-bond donors (Lipinski definition) is 2. The van der Waals surface area contributed by atoms with E-state index in [0.717, 1.165) is 22.4 Å². The Morgan fingerprint density at radius 1 is 1.33 bits per heavy atom. The van der Waals surface area contributed by atoms with Gasteiger partial charge >= 0.3 is 0 Å². The molecule has 0 bridgehead atoms. The predicted molar refractivity (Wildman–Crippen MR) is 81.0 cm³/mol. The van der Waals surface area contributed by atoms with Gasteiger partial charge in [0.1, 0.15) is 0 Å². The third kappa shape index (κ3) is 3.31. The molecule has 0 aliphatic carbocycles. The first kappa shape index (κ1) is 15.7. The Kier molecular flexibility index (Phi) is 4.46. The van der Waals surface area contributed by atoms with Gasteiger partial charge in [-0.15, -0.1) is 0 Å². The van der Waals surface area contributed by atoms with Crippen LogP contribution in [0, 0.1) is 13.8 Å². The van der Waals surface area contributed by atoms with E-state index < -0.39 is 10.0 Å². The highest BCUT2D eigenvalue weighted by Gasteiger charge is 2.19. The number of benzene rings is 1. The van der Waals surface area contributed by atoms with Crippen LogP contribution in [0.15, 0.2) is 29.3 Å². The lowest BCUT2D eigenvalue weighted by Crippen LogP contribution is -2.25. The first-order valence-corrected chi connectivity index (χ1v) is 8.10. The largest absolute Gasteiger partial charge is 0.326 e. The zero-order valence-electron chi connectivity index (χ0n) is 12.4. The number of nitrogens with two attached hydrogens (primary N) is 1. The maximum Gasteiger partial charge on any atom is 0.241 e. The van der Waals surface area contributed by atoms with Crippen LogP contribution in [-0.4, -0.2) is 18.2 Å². The topological polar surface area (TPSA) is 90.0 Å². The summed E-state index contributed by atoms with van der Waals surface area (Å²) in [5, 5.41) is 4.01. The van der Waals surface area contributed by atoms with Crippen molar-refractivity contribution >= 4 is 10.0 Å². The van der Waals surface area contributed by atoms with Crippen LogP contribution < -0.4 is 10.5 Å². The van der Waals surface area contributed by atoms with Gasteiger partial charge in [-0.05, 0) is 42.7 Å². The molecule has 0 saturated carbocycles. The Morgan fingerprint density at radius 2 is 2.05 bits per heavy atom. The Balaban J connectivity index is 2.31. The van der Waals surface area contributed by atoms with Crippen LogP contribution in [0.1, 0.15) is 22.4 Å². The molecular weight excluding hydrogens is 288 g/mol. The van der Waals surface area contributed by atoms with Crippen LogP contribution in [0.2, 0.25) is 0 Å². The first-order valence-electron chi connectivity index (χ1n) is 6.62. The number of sulfonamides is 1. The van der Waals surface area contributed by atoms with Crippen LogP contribution in [0.4, 0.5) is 0 Å². The molecule has 7 heteroatoms. The van der Waals surface area contributed by atoms with E-state index in [1.807, 2.05) is 13.0 Å². The van der Waals surface area contributed by atoms with Gasteiger partial charge in [0.25, 0.3) is 0 Å². The summed E-state index contributed by atoms with van der Waals surface area (Å²) in [4.78, 5) is 0.283. The SMILES string of the molecule is Cc1cc(CN)cc(S(=O)(=O)NCc2ccnn2C)c1C. The summed E-state index contributed by atoms with van der Waals surface area (Å²) in [5.41, 5.74) is 8.88. The second-order valence-corrected chi connectivity index (χ2v) is 6.75. The van der Waals surface area contributed by atoms with Crippen molar-refractivity contribution in [2.75, 3.05) is 0 Å². The molecule has 2 rings (SSSR count). The normalized spacial score (nSPS) is 11.8. The lowest BCUT2D eigenvalue weighted by atomic mass is 10.1. The summed E-state index contributed by atoms with van der Waals surface area (Å²) in [7, 11) is -1.81. The van der Waals surface area contributed by atoms with Crippen molar-refractivity contribution in [1.82, 2.24) is 14.5 Å². The molecule has 1 aromatic heterocycles. The van der Waals surface area contributed by atoms with Crippen LogP contribution in [-0.2, 0) is 30.2 Å². The zero-order chi connectivity index (χ0) is 15.6.